The Morgan fingerprint density at radius 2 is 1.76 bits per heavy atom. The molecule has 3 heteroatoms. The SMILES string of the molecule is CC(C)(C)c1ccc(N2CCN(CC3CC3)CC2)c(F)c1. The molecule has 2 aliphatic rings. The Morgan fingerprint density at radius 1 is 1.10 bits per heavy atom. The summed E-state index contributed by atoms with van der Waals surface area (Å²) in [5.74, 6) is 0.873. The van der Waals surface area contributed by atoms with Gasteiger partial charge >= 0.3 is 0 Å². The fourth-order valence-corrected chi connectivity index (χ4v) is 3.07. The number of halogens is 1. The zero-order valence-electron chi connectivity index (χ0n) is 13.5. The number of rotatable bonds is 3. The van der Waals surface area contributed by atoms with E-state index in [2.05, 4.69) is 36.6 Å². The van der Waals surface area contributed by atoms with Crippen LogP contribution in [0.4, 0.5) is 10.1 Å². The van der Waals surface area contributed by atoms with Crippen molar-refractivity contribution in [1.82, 2.24) is 4.90 Å². The topological polar surface area (TPSA) is 6.48 Å². The summed E-state index contributed by atoms with van der Waals surface area (Å²) in [7, 11) is 0. The molecule has 1 saturated heterocycles. The van der Waals surface area contributed by atoms with E-state index in [4.69, 9.17) is 0 Å². The zero-order chi connectivity index (χ0) is 15.0. The van der Waals surface area contributed by atoms with Crippen LogP contribution < -0.4 is 4.90 Å². The molecule has 2 fully saturated rings. The summed E-state index contributed by atoms with van der Waals surface area (Å²) in [4.78, 5) is 4.74. The van der Waals surface area contributed by atoms with Crippen LogP contribution in [0.2, 0.25) is 0 Å². The van der Waals surface area contributed by atoms with E-state index in [0.29, 0.717) is 0 Å². The summed E-state index contributed by atoms with van der Waals surface area (Å²) in [5.41, 5.74) is 1.84. The van der Waals surface area contributed by atoms with Gasteiger partial charge in [-0.25, -0.2) is 4.39 Å². The lowest BCUT2D eigenvalue weighted by atomic mass is 9.87. The van der Waals surface area contributed by atoms with Crippen molar-refractivity contribution in [3.05, 3.63) is 29.6 Å². The summed E-state index contributed by atoms with van der Waals surface area (Å²) in [6.07, 6.45) is 2.81. The van der Waals surface area contributed by atoms with Gasteiger partial charge in [-0.15, -0.1) is 0 Å². The molecule has 0 bridgehead atoms. The van der Waals surface area contributed by atoms with Gasteiger partial charge in [-0.3, -0.25) is 4.90 Å². The van der Waals surface area contributed by atoms with Crippen LogP contribution in [0.25, 0.3) is 0 Å². The van der Waals surface area contributed by atoms with Gasteiger partial charge < -0.3 is 4.90 Å². The van der Waals surface area contributed by atoms with Gasteiger partial charge in [0.25, 0.3) is 0 Å². The first-order valence-corrected chi connectivity index (χ1v) is 8.21. The average Bonchev–Trinajstić information content (AvgIpc) is 3.23. The average molecular weight is 290 g/mol. The maximum atomic E-state index is 14.4. The zero-order valence-corrected chi connectivity index (χ0v) is 13.5. The van der Waals surface area contributed by atoms with Crippen LogP contribution in [-0.4, -0.2) is 37.6 Å². The molecule has 1 aromatic rings. The van der Waals surface area contributed by atoms with E-state index in [1.54, 1.807) is 6.07 Å². The largest absolute Gasteiger partial charge is 0.367 e. The van der Waals surface area contributed by atoms with Crippen LogP contribution in [0.3, 0.4) is 0 Å². The van der Waals surface area contributed by atoms with Gasteiger partial charge in [0.15, 0.2) is 0 Å². The lowest BCUT2D eigenvalue weighted by Gasteiger charge is -2.36. The van der Waals surface area contributed by atoms with E-state index in [1.165, 1.54) is 19.4 Å². The van der Waals surface area contributed by atoms with E-state index >= 15 is 0 Å². The van der Waals surface area contributed by atoms with Crippen LogP contribution in [0.5, 0.6) is 0 Å². The molecule has 0 atom stereocenters. The Hall–Kier alpha value is -1.09. The van der Waals surface area contributed by atoms with Gasteiger partial charge in [0.05, 0.1) is 5.69 Å². The highest BCUT2D eigenvalue weighted by Gasteiger charge is 2.27. The van der Waals surface area contributed by atoms with Crippen LogP contribution in [-0.2, 0) is 5.41 Å². The molecule has 1 aliphatic heterocycles. The highest BCUT2D eigenvalue weighted by molar-refractivity contribution is 5.50. The first-order chi connectivity index (χ1) is 9.93. The van der Waals surface area contributed by atoms with Gasteiger partial charge in [0, 0.05) is 32.7 Å². The van der Waals surface area contributed by atoms with E-state index in [0.717, 1.165) is 43.3 Å². The van der Waals surface area contributed by atoms with Crippen LogP contribution in [0.15, 0.2) is 18.2 Å². The van der Waals surface area contributed by atoms with E-state index < -0.39 is 0 Å². The second-order valence-corrected chi connectivity index (χ2v) is 7.65. The normalized spacial score (nSPS) is 20.9. The number of hydrogen-bond acceptors (Lipinski definition) is 2. The van der Waals surface area contributed by atoms with Crippen molar-refractivity contribution in [1.29, 1.82) is 0 Å². The molecule has 2 nitrogen and oxygen atoms in total. The summed E-state index contributed by atoms with van der Waals surface area (Å²) in [6, 6.07) is 5.76. The number of anilines is 1. The Kier molecular flexibility index (Phi) is 3.96. The summed E-state index contributed by atoms with van der Waals surface area (Å²) >= 11 is 0. The molecule has 1 heterocycles. The highest BCUT2D eigenvalue weighted by Crippen LogP contribution is 2.31. The molecule has 1 saturated carbocycles. The monoisotopic (exact) mass is 290 g/mol. The van der Waals surface area contributed by atoms with Crippen molar-refractivity contribution in [3.8, 4) is 0 Å². The van der Waals surface area contributed by atoms with E-state index in [9.17, 15) is 4.39 Å². The number of piperazine rings is 1. The van der Waals surface area contributed by atoms with Gasteiger partial charge in [0.1, 0.15) is 5.82 Å². The molecule has 0 amide bonds. The standard InChI is InChI=1S/C18H27FN2/c1-18(2,3)15-6-7-17(16(19)12-15)21-10-8-20(9-11-21)13-14-4-5-14/h6-7,12,14H,4-5,8-11,13H2,1-3H3. The van der Waals surface area contributed by atoms with Crippen molar-refractivity contribution >= 4 is 5.69 Å². The quantitative estimate of drug-likeness (QED) is 0.838. The molecule has 116 valence electrons. The first kappa shape index (κ1) is 14.8. The fraction of sp³-hybridized carbons (Fsp3) is 0.667. The fourth-order valence-electron chi connectivity index (χ4n) is 3.07. The summed E-state index contributed by atoms with van der Waals surface area (Å²) in [6.45, 7) is 11.6. The third kappa shape index (κ3) is 3.57. The lowest BCUT2D eigenvalue weighted by Crippen LogP contribution is -2.47. The van der Waals surface area contributed by atoms with Crippen LogP contribution in [0.1, 0.15) is 39.2 Å². The van der Waals surface area contributed by atoms with Gasteiger partial charge in [0.2, 0.25) is 0 Å². The van der Waals surface area contributed by atoms with Crippen molar-refractivity contribution < 1.29 is 4.39 Å². The molecule has 1 aromatic carbocycles. The smallest absolute Gasteiger partial charge is 0.146 e. The Balaban J connectivity index is 1.64. The second-order valence-electron chi connectivity index (χ2n) is 7.65. The van der Waals surface area contributed by atoms with Crippen LogP contribution >= 0.6 is 0 Å². The number of hydrogen-bond donors (Lipinski definition) is 0. The molecule has 0 radical (unpaired) electrons. The molecule has 1 aliphatic carbocycles. The lowest BCUT2D eigenvalue weighted by molar-refractivity contribution is 0.247. The van der Waals surface area contributed by atoms with E-state index in [1.807, 2.05) is 6.07 Å². The molecule has 0 spiro atoms. The number of nitrogens with zero attached hydrogens (tertiary/aromatic N) is 2. The molecular weight excluding hydrogens is 263 g/mol. The minimum Gasteiger partial charge on any atom is -0.367 e. The molecule has 0 unspecified atom stereocenters. The summed E-state index contributed by atoms with van der Waals surface area (Å²) < 4.78 is 14.4. The first-order valence-electron chi connectivity index (χ1n) is 8.21. The minimum atomic E-state index is -0.0712. The van der Waals surface area contributed by atoms with E-state index in [-0.39, 0.29) is 11.2 Å². The molecular formula is C18H27FN2. The highest BCUT2D eigenvalue weighted by atomic mass is 19.1. The Morgan fingerprint density at radius 3 is 2.29 bits per heavy atom. The maximum absolute atomic E-state index is 14.4. The Labute approximate surface area is 127 Å². The molecule has 0 aromatic heterocycles. The molecule has 0 N–H and O–H groups in total. The third-order valence-electron chi connectivity index (χ3n) is 4.74. The van der Waals surface area contributed by atoms with Gasteiger partial charge in [-0.2, -0.15) is 0 Å². The molecule has 3 rings (SSSR count). The van der Waals surface area contributed by atoms with Crippen LogP contribution in [0, 0.1) is 11.7 Å². The van der Waals surface area contributed by atoms with Crippen molar-refractivity contribution in [2.45, 2.75) is 39.0 Å². The Bertz CT molecular complexity index is 494. The number of benzene rings is 1. The summed E-state index contributed by atoms with van der Waals surface area (Å²) in [5, 5.41) is 0. The maximum Gasteiger partial charge on any atom is 0.146 e. The van der Waals surface area contributed by atoms with Crippen molar-refractivity contribution in [2.75, 3.05) is 37.6 Å². The van der Waals surface area contributed by atoms with Crippen molar-refractivity contribution in [2.24, 2.45) is 5.92 Å². The predicted molar refractivity (Wildman–Crippen MR) is 86.5 cm³/mol. The second kappa shape index (κ2) is 5.60. The van der Waals surface area contributed by atoms with Crippen molar-refractivity contribution in [3.63, 3.8) is 0 Å². The van der Waals surface area contributed by atoms with Gasteiger partial charge in [-0.05, 0) is 41.9 Å². The van der Waals surface area contributed by atoms with Gasteiger partial charge in [-0.1, -0.05) is 26.8 Å². The minimum absolute atomic E-state index is 0.00231. The predicted octanol–water partition coefficient (Wildman–Crippen LogP) is 3.66. The third-order valence-corrected chi connectivity index (χ3v) is 4.74. The molecule has 21 heavy (non-hydrogen) atoms.